The lowest BCUT2D eigenvalue weighted by atomic mass is 9.96. The third-order valence-electron chi connectivity index (χ3n) is 3.30. The fourth-order valence-electron chi connectivity index (χ4n) is 2.17. The summed E-state index contributed by atoms with van der Waals surface area (Å²) in [5, 5.41) is 0. The number of halogens is 1. The summed E-state index contributed by atoms with van der Waals surface area (Å²) in [6.07, 6.45) is 0.982. The summed E-state index contributed by atoms with van der Waals surface area (Å²) >= 11 is 2.36. The third-order valence-corrected chi connectivity index (χ3v) is 4.32. The van der Waals surface area contributed by atoms with Crippen molar-refractivity contribution in [1.29, 1.82) is 0 Å². The number of alkyl halides is 1. The van der Waals surface area contributed by atoms with E-state index in [0.717, 1.165) is 22.1 Å². The van der Waals surface area contributed by atoms with Crippen LogP contribution in [0.4, 0.5) is 5.69 Å². The number of amides is 1. The molecule has 2 rings (SSSR count). The maximum Gasteiger partial charge on any atom is 0.254 e. The molecule has 0 saturated heterocycles. The normalized spacial score (nSPS) is 21.0. The molecule has 0 spiro atoms. The Balaban J connectivity index is 2.42. The molecular weight excluding hydrogens is 325 g/mol. The summed E-state index contributed by atoms with van der Waals surface area (Å²) in [4.78, 5) is 14.3. The largest absolute Gasteiger partial charge is 0.305 e. The van der Waals surface area contributed by atoms with Crippen LogP contribution in [0.3, 0.4) is 0 Å². The van der Waals surface area contributed by atoms with E-state index in [1.54, 1.807) is 0 Å². The van der Waals surface area contributed by atoms with Gasteiger partial charge in [-0.25, -0.2) is 0 Å². The van der Waals surface area contributed by atoms with E-state index in [4.69, 9.17) is 0 Å². The van der Waals surface area contributed by atoms with Gasteiger partial charge in [-0.1, -0.05) is 46.4 Å². The molecule has 1 heterocycles. The Morgan fingerprint density at radius 3 is 2.53 bits per heavy atom. The van der Waals surface area contributed by atoms with Gasteiger partial charge in [-0.05, 0) is 32.4 Å². The molecule has 90 valence electrons. The SMILES string of the molecule is CC1=C(C)C(=O)N(c2ccccc2)C(CI)C1. The predicted octanol–water partition coefficient (Wildman–Crippen LogP) is 3.56. The molecule has 0 aromatic heterocycles. The monoisotopic (exact) mass is 341 g/mol. The number of anilines is 1. The molecule has 1 aliphatic rings. The molecule has 0 fully saturated rings. The summed E-state index contributed by atoms with van der Waals surface area (Å²) in [7, 11) is 0. The number of hydrogen-bond donors (Lipinski definition) is 0. The zero-order valence-corrected chi connectivity index (χ0v) is 12.3. The first-order valence-electron chi connectivity index (χ1n) is 5.76. The molecule has 0 bridgehead atoms. The van der Waals surface area contributed by atoms with Crippen molar-refractivity contribution < 1.29 is 4.79 Å². The lowest BCUT2D eigenvalue weighted by molar-refractivity contribution is -0.115. The van der Waals surface area contributed by atoms with Crippen LogP contribution in [0.2, 0.25) is 0 Å². The van der Waals surface area contributed by atoms with E-state index in [2.05, 4.69) is 29.5 Å². The van der Waals surface area contributed by atoms with Crippen molar-refractivity contribution in [3.63, 3.8) is 0 Å². The Morgan fingerprint density at radius 1 is 1.29 bits per heavy atom. The van der Waals surface area contributed by atoms with Crippen LogP contribution in [-0.4, -0.2) is 16.4 Å². The summed E-state index contributed by atoms with van der Waals surface area (Å²) in [6, 6.07) is 10.2. The van der Waals surface area contributed by atoms with Gasteiger partial charge in [0.05, 0.1) is 0 Å². The van der Waals surface area contributed by atoms with E-state index in [0.29, 0.717) is 0 Å². The summed E-state index contributed by atoms with van der Waals surface area (Å²) in [6.45, 7) is 3.99. The van der Waals surface area contributed by atoms with E-state index >= 15 is 0 Å². The van der Waals surface area contributed by atoms with E-state index in [9.17, 15) is 4.79 Å². The minimum Gasteiger partial charge on any atom is -0.305 e. The molecule has 17 heavy (non-hydrogen) atoms. The van der Waals surface area contributed by atoms with Crippen molar-refractivity contribution in [2.75, 3.05) is 9.33 Å². The Hall–Kier alpha value is -0.840. The number of nitrogens with zero attached hydrogens (tertiary/aromatic N) is 1. The fourth-order valence-corrected chi connectivity index (χ4v) is 2.87. The maximum absolute atomic E-state index is 12.4. The molecule has 1 aliphatic heterocycles. The molecule has 0 saturated carbocycles. The number of benzene rings is 1. The van der Waals surface area contributed by atoms with Crippen LogP contribution in [0.1, 0.15) is 20.3 Å². The van der Waals surface area contributed by atoms with Gasteiger partial charge in [-0.3, -0.25) is 4.79 Å². The van der Waals surface area contributed by atoms with Gasteiger partial charge in [0.2, 0.25) is 0 Å². The molecule has 1 amide bonds. The first-order chi connectivity index (χ1) is 8.15. The number of para-hydroxylation sites is 1. The highest BCUT2D eigenvalue weighted by atomic mass is 127. The van der Waals surface area contributed by atoms with E-state index in [-0.39, 0.29) is 11.9 Å². The Kier molecular flexibility index (Phi) is 3.86. The highest BCUT2D eigenvalue weighted by Crippen LogP contribution is 2.29. The first kappa shape index (κ1) is 12.6. The van der Waals surface area contributed by atoms with Crippen molar-refractivity contribution in [2.24, 2.45) is 0 Å². The Bertz CT molecular complexity index is 453. The molecule has 3 heteroatoms. The van der Waals surface area contributed by atoms with Crippen LogP contribution < -0.4 is 4.90 Å². The smallest absolute Gasteiger partial charge is 0.254 e. The van der Waals surface area contributed by atoms with Crippen molar-refractivity contribution in [1.82, 2.24) is 0 Å². The molecule has 1 unspecified atom stereocenters. The van der Waals surface area contributed by atoms with Crippen LogP contribution in [0, 0.1) is 0 Å². The van der Waals surface area contributed by atoms with Crippen LogP contribution >= 0.6 is 22.6 Å². The average Bonchev–Trinajstić information content (AvgIpc) is 2.36. The van der Waals surface area contributed by atoms with E-state index in [1.807, 2.05) is 42.2 Å². The van der Waals surface area contributed by atoms with Crippen molar-refractivity contribution in [3.05, 3.63) is 41.5 Å². The van der Waals surface area contributed by atoms with Gasteiger partial charge < -0.3 is 4.90 Å². The number of carbonyl (C=O) groups excluding carboxylic acids is 1. The quantitative estimate of drug-likeness (QED) is 0.595. The topological polar surface area (TPSA) is 20.3 Å². The standard InChI is InChI=1S/C14H16INO/c1-10-8-13(9-15)16(14(17)11(10)2)12-6-4-3-5-7-12/h3-7,13H,8-9H2,1-2H3. The van der Waals surface area contributed by atoms with Gasteiger partial charge in [-0.2, -0.15) is 0 Å². The molecule has 2 nitrogen and oxygen atoms in total. The van der Waals surface area contributed by atoms with Gasteiger partial charge >= 0.3 is 0 Å². The molecule has 1 aromatic rings. The highest BCUT2D eigenvalue weighted by Gasteiger charge is 2.30. The van der Waals surface area contributed by atoms with Crippen LogP contribution in [0.15, 0.2) is 41.5 Å². The zero-order valence-electron chi connectivity index (χ0n) is 10.1. The van der Waals surface area contributed by atoms with Gasteiger partial charge in [0.15, 0.2) is 0 Å². The fraction of sp³-hybridized carbons (Fsp3) is 0.357. The maximum atomic E-state index is 12.4. The van der Waals surface area contributed by atoms with Gasteiger partial charge in [0, 0.05) is 21.7 Å². The number of rotatable bonds is 2. The third kappa shape index (κ3) is 2.39. The Morgan fingerprint density at radius 2 is 1.94 bits per heavy atom. The molecule has 1 aromatic carbocycles. The van der Waals surface area contributed by atoms with Crippen molar-refractivity contribution in [2.45, 2.75) is 26.3 Å². The second kappa shape index (κ2) is 5.21. The Labute approximate surface area is 116 Å². The van der Waals surface area contributed by atoms with Crippen molar-refractivity contribution in [3.8, 4) is 0 Å². The minimum atomic E-state index is 0.154. The number of carbonyl (C=O) groups is 1. The predicted molar refractivity (Wildman–Crippen MR) is 79.6 cm³/mol. The second-order valence-corrected chi connectivity index (χ2v) is 5.31. The van der Waals surface area contributed by atoms with E-state index in [1.165, 1.54) is 5.57 Å². The van der Waals surface area contributed by atoms with Crippen LogP contribution in [0.5, 0.6) is 0 Å². The zero-order chi connectivity index (χ0) is 12.4. The number of hydrogen-bond acceptors (Lipinski definition) is 1. The summed E-state index contributed by atoms with van der Waals surface area (Å²) in [5.41, 5.74) is 3.13. The molecule has 0 N–H and O–H groups in total. The highest BCUT2D eigenvalue weighted by molar-refractivity contribution is 14.1. The molecule has 0 aliphatic carbocycles. The summed E-state index contributed by atoms with van der Waals surface area (Å²) < 4.78 is 0.961. The lowest BCUT2D eigenvalue weighted by Gasteiger charge is -2.35. The average molecular weight is 341 g/mol. The summed E-state index contributed by atoms with van der Waals surface area (Å²) in [5.74, 6) is 0.154. The minimum absolute atomic E-state index is 0.154. The van der Waals surface area contributed by atoms with E-state index < -0.39 is 0 Å². The van der Waals surface area contributed by atoms with Crippen LogP contribution in [-0.2, 0) is 4.79 Å². The van der Waals surface area contributed by atoms with Gasteiger partial charge in [0.1, 0.15) is 0 Å². The van der Waals surface area contributed by atoms with Crippen molar-refractivity contribution >= 4 is 34.2 Å². The van der Waals surface area contributed by atoms with Gasteiger partial charge in [-0.15, -0.1) is 0 Å². The first-order valence-corrected chi connectivity index (χ1v) is 7.28. The second-order valence-electron chi connectivity index (χ2n) is 4.43. The molecule has 1 atom stereocenters. The molecular formula is C14H16INO. The van der Waals surface area contributed by atoms with Gasteiger partial charge in [0.25, 0.3) is 5.91 Å². The molecule has 0 radical (unpaired) electrons. The van der Waals surface area contributed by atoms with Crippen LogP contribution in [0.25, 0.3) is 0 Å². The lowest BCUT2D eigenvalue weighted by Crippen LogP contribution is -2.45.